The molecule has 0 fully saturated rings. The molecular weight excluding hydrogens is 301 g/mol. The third-order valence-electron chi connectivity index (χ3n) is 3.29. The molecule has 0 bridgehead atoms. The van der Waals surface area contributed by atoms with Crippen molar-refractivity contribution in [2.24, 2.45) is 0 Å². The van der Waals surface area contributed by atoms with Crippen molar-refractivity contribution in [1.82, 2.24) is 10.2 Å². The number of nitrogens with one attached hydrogen (secondary N) is 1. The summed E-state index contributed by atoms with van der Waals surface area (Å²) in [6.45, 7) is 1.18. The average molecular weight is 320 g/mol. The summed E-state index contributed by atoms with van der Waals surface area (Å²) in [6, 6.07) is 1.61. The number of alkyl halides is 3. The minimum atomic E-state index is -4.65. The summed E-state index contributed by atoms with van der Waals surface area (Å²) in [4.78, 5) is 12.9. The fourth-order valence-corrected chi connectivity index (χ4v) is 1.70. The summed E-state index contributed by atoms with van der Waals surface area (Å²) in [5, 5.41) is 10.9. The van der Waals surface area contributed by atoms with Crippen LogP contribution in [0, 0.1) is 0 Å². The molecule has 2 atom stereocenters. The molecule has 1 aromatic carbocycles. The van der Waals surface area contributed by atoms with Crippen LogP contribution in [-0.4, -0.2) is 49.0 Å². The van der Waals surface area contributed by atoms with Gasteiger partial charge in [-0.05, 0) is 24.6 Å². The maximum Gasteiger partial charge on any atom is 0.412 e. The molecule has 124 valence electrons. The van der Waals surface area contributed by atoms with Crippen molar-refractivity contribution < 1.29 is 27.8 Å². The number of urea groups is 1. The lowest BCUT2D eigenvalue weighted by Crippen LogP contribution is -2.48. The topological polar surface area (TPSA) is 61.8 Å². The van der Waals surface area contributed by atoms with Crippen molar-refractivity contribution in [2.45, 2.75) is 25.2 Å². The largest absolute Gasteiger partial charge is 0.497 e. The van der Waals surface area contributed by atoms with Crippen LogP contribution in [-0.2, 0) is 0 Å². The van der Waals surface area contributed by atoms with E-state index in [1.807, 2.05) is 5.32 Å². The van der Waals surface area contributed by atoms with Crippen molar-refractivity contribution in [2.75, 3.05) is 20.8 Å². The van der Waals surface area contributed by atoms with Crippen LogP contribution in [0.3, 0.4) is 0 Å². The summed E-state index contributed by atoms with van der Waals surface area (Å²) < 4.78 is 44.4. The molecule has 0 radical (unpaired) electrons. The highest BCUT2D eigenvalue weighted by molar-refractivity contribution is 5.75. The van der Waals surface area contributed by atoms with Crippen LogP contribution in [0.25, 0.3) is 0 Å². The number of aliphatic hydroxyl groups excluding tert-OH is 1. The lowest BCUT2D eigenvalue weighted by molar-refractivity contribution is -0.155. The first-order chi connectivity index (χ1) is 10.2. The fourth-order valence-electron chi connectivity index (χ4n) is 1.70. The van der Waals surface area contributed by atoms with Gasteiger partial charge in [-0.3, -0.25) is 0 Å². The van der Waals surface area contributed by atoms with E-state index in [0.29, 0.717) is 5.75 Å². The number of amides is 2. The van der Waals surface area contributed by atoms with Gasteiger partial charge in [0, 0.05) is 7.05 Å². The predicted molar refractivity (Wildman–Crippen MR) is 74.6 cm³/mol. The Morgan fingerprint density at radius 1 is 1.36 bits per heavy atom. The van der Waals surface area contributed by atoms with Crippen LogP contribution in [0.5, 0.6) is 5.75 Å². The summed E-state index contributed by atoms with van der Waals surface area (Å²) in [5.41, 5.74) is -0.105. The van der Waals surface area contributed by atoms with Gasteiger partial charge in [0.05, 0.1) is 19.8 Å². The highest BCUT2D eigenvalue weighted by atomic mass is 19.4. The molecule has 0 aromatic heterocycles. The summed E-state index contributed by atoms with van der Waals surface area (Å²) >= 11 is 0. The molecule has 0 heterocycles. The van der Waals surface area contributed by atoms with Gasteiger partial charge in [-0.2, -0.15) is 13.2 Å². The van der Waals surface area contributed by atoms with Crippen molar-refractivity contribution in [3.05, 3.63) is 29.8 Å². The maximum atomic E-state index is 13.2. The third-order valence-corrected chi connectivity index (χ3v) is 3.29. The Hall–Kier alpha value is -1.96. The number of ether oxygens (including phenoxy) is 1. The zero-order valence-corrected chi connectivity index (χ0v) is 12.5. The number of carbonyl (C=O) groups is 1. The first-order valence-corrected chi connectivity index (χ1v) is 6.55. The smallest absolute Gasteiger partial charge is 0.412 e. The molecule has 0 aliphatic heterocycles. The second-order valence-corrected chi connectivity index (χ2v) is 4.84. The number of aliphatic hydroxyl groups is 1. The van der Waals surface area contributed by atoms with Gasteiger partial charge in [0.2, 0.25) is 0 Å². The Morgan fingerprint density at radius 2 is 1.91 bits per heavy atom. The SMILES string of the molecule is COc1ccc([C@H](NC(=O)N(C)[C@@H](C)CO)C(F)(F)F)cc1. The molecular formula is C14H19F3N2O3. The highest BCUT2D eigenvalue weighted by Gasteiger charge is 2.42. The number of methoxy groups -OCH3 is 1. The van der Waals surface area contributed by atoms with Crippen molar-refractivity contribution in [3.8, 4) is 5.75 Å². The monoisotopic (exact) mass is 320 g/mol. The van der Waals surface area contributed by atoms with E-state index < -0.39 is 24.3 Å². The fraction of sp³-hybridized carbons (Fsp3) is 0.500. The van der Waals surface area contributed by atoms with E-state index in [-0.39, 0.29) is 12.2 Å². The quantitative estimate of drug-likeness (QED) is 0.875. The molecule has 0 saturated carbocycles. The van der Waals surface area contributed by atoms with Crippen LogP contribution >= 0.6 is 0 Å². The lowest BCUT2D eigenvalue weighted by Gasteiger charge is -2.28. The van der Waals surface area contributed by atoms with Crippen LogP contribution in [0.4, 0.5) is 18.0 Å². The van der Waals surface area contributed by atoms with E-state index in [1.165, 1.54) is 45.3 Å². The minimum absolute atomic E-state index is 0.105. The summed E-state index contributed by atoms with van der Waals surface area (Å²) in [6.07, 6.45) is -4.65. The third kappa shape index (κ3) is 4.52. The number of likely N-dealkylation sites (N-methyl/N-ethyl adjacent to an activating group) is 1. The van der Waals surface area contributed by atoms with E-state index in [2.05, 4.69) is 0 Å². The number of hydrogen-bond donors (Lipinski definition) is 2. The van der Waals surface area contributed by atoms with Gasteiger partial charge >= 0.3 is 12.2 Å². The number of nitrogens with zero attached hydrogens (tertiary/aromatic N) is 1. The molecule has 1 rings (SSSR count). The number of benzene rings is 1. The Kier molecular flexibility index (Phi) is 6.04. The second-order valence-electron chi connectivity index (χ2n) is 4.84. The molecule has 0 saturated heterocycles. The van der Waals surface area contributed by atoms with Crippen LogP contribution in [0.15, 0.2) is 24.3 Å². The predicted octanol–water partition coefficient (Wildman–Crippen LogP) is 2.32. The average Bonchev–Trinajstić information content (AvgIpc) is 2.49. The van der Waals surface area contributed by atoms with Crippen molar-refractivity contribution in [3.63, 3.8) is 0 Å². The zero-order valence-electron chi connectivity index (χ0n) is 12.5. The number of rotatable bonds is 5. The van der Waals surface area contributed by atoms with Gasteiger partial charge < -0.3 is 20.1 Å². The summed E-state index contributed by atoms with van der Waals surface area (Å²) in [5.74, 6) is 0.419. The van der Waals surface area contributed by atoms with Gasteiger partial charge in [0.25, 0.3) is 0 Å². The molecule has 1 aromatic rings. The van der Waals surface area contributed by atoms with Gasteiger partial charge in [-0.25, -0.2) is 4.79 Å². The highest BCUT2D eigenvalue weighted by Crippen LogP contribution is 2.33. The molecule has 8 heteroatoms. The number of carbonyl (C=O) groups excluding carboxylic acids is 1. The minimum Gasteiger partial charge on any atom is -0.497 e. The molecule has 0 unspecified atom stereocenters. The Balaban J connectivity index is 2.96. The standard InChI is InChI=1S/C14H19F3N2O3/c1-9(8-20)19(2)13(21)18-12(14(15,16)17)10-4-6-11(22-3)7-5-10/h4-7,9,12,20H,8H2,1-3H3,(H,18,21)/t9-,12-/m0/s1. The van der Waals surface area contributed by atoms with Gasteiger partial charge in [-0.1, -0.05) is 12.1 Å². The molecule has 2 amide bonds. The Labute approximate surface area is 126 Å². The van der Waals surface area contributed by atoms with Gasteiger partial charge in [0.1, 0.15) is 5.75 Å². The molecule has 0 spiro atoms. The number of hydrogen-bond acceptors (Lipinski definition) is 3. The second kappa shape index (κ2) is 7.35. The Bertz CT molecular complexity index is 491. The van der Waals surface area contributed by atoms with Crippen LogP contribution in [0.2, 0.25) is 0 Å². The van der Waals surface area contributed by atoms with E-state index in [0.717, 1.165) is 4.90 Å². The lowest BCUT2D eigenvalue weighted by atomic mass is 10.1. The van der Waals surface area contributed by atoms with E-state index in [9.17, 15) is 18.0 Å². The molecule has 2 N–H and O–H groups in total. The van der Waals surface area contributed by atoms with Crippen molar-refractivity contribution in [1.29, 1.82) is 0 Å². The molecule has 0 aliphatic rings. The van der Waals surface area contributed by atoms with Gasteiger partial charge in [0.15, 0.2) is 6.04 Å². The first-order valence-electron chi connectivity index (χ1n) is 6.55. The Morgan fingerprint density at radius 3 is 2.32 bits per heavy atom. The zero-order chi connectivity index (χ0) is 16.9. The van der Waals surface area contributed by atoms with Gasteiger partial charge in [-0.15, -0.1) is 0 Å². The maximum absolute atomic E-state index is 13.2. The first kappa shape index (κ1) is 18.1. The normalized spacial score (nSPS) is 14.1. The van der Waals surface area contributed by atoms with E-state index in [1.54, 1.807) is 0 Å². The van der Waals surface area contributed by atoms with E-state index in [4.69, 9.17) is 9.84 Å². The number of halogens is 3. The summed E-state index contributed by atoms with van der Waals surface area (Å²) in [7, 11) is 2.72. The van der Waals surface area contributed by atoms with Crippen molar-refractivity contribution >= 4 is 6.03 Å². The molecule has 22 heavy (non-hydrogen) atoms. The molecule has 5 nitrogen and oxygen atoms in total. The van der Waals surface area contributed by atoms with E-state index >= 15 is 0 Å². The van der Waals surface area contributed by atoms with Crippen LogP contribution < -0.4 is 10.1 Å². The molecule has 0 aliphatic carbocycles. The van der Waals surface area contributed by atoms with Crippen LogP contribution in [0.1, 0.15) is 18.5 Å².